The van der Waals surface area contributed by atoms with Crippen LogP contribution in [-0.4, -0.2) is 37.6 Å². The summed E-state index contributed by atoms with van der Waals surface area (Å²) in [4.78, 5) is 26.5. The van der Waals surface area contributed by atoms with Gasteiger partial charge >= 0.3 is 0 Å². The van der Waals surface area contributed by atoms with Crippen LogP contribution in [0.25, 0.3) is 0 Å². The van der Waals surface area contributed by atoms with Crippen molar-refractivity contribution in [3.8, 4) is 0 Å². The maximum Gasteiger partial charge on any atom is 0.267 e. The molecule has 2 aromatic heterocycles. The minimum atomic E-state index is -0.0692. The van der Waals surface area contributed by atoms with E-state index in [0.29, 0.717) is 12.5 Å². The Hall–Kier alpha value is -2.28. The molecule has 0 bridgehead atoms. The molecule has 27 heavy (non-hydrogen) atoms. The van der Waals surface area contributed by atoms with Gasteiger partial charge in [0.15, 0.2) is 0 Å². The summed E-state index contributed by atoms with van der Waals surface area (Å²) < 4.78 is 3.04. The molecule has 3 heterocycles. The summed E-state index contributed by atoms with van der Waals surface area (Å²) >= 11 is 0. The lowest BCUT2D eigenvalue weighted by Gasteiger charge is -2.32. The molecular weight excluding hydrogens is 342 g/mol. The van der Waals surface area contributed by atoms with E-state index in [4.69, 9.17) is 0 Å². The van der Waals surface area contributed by atoms with Crippen molar-refractivity contribution in [3.63, 3.8) is 0 Å². The van der Waals surface area contributed by atoms with Crippen LogP contribution < -0.4 is 11.1 Å². The molecule has 0 spiro atoms. The molecule has 2 aliphatic rings. The zero-order chi connectivity index (χ0) is 18.8. The zero-order valence-electron chi connectivity index (χ0n) is 15.9. The highest BCUT2D eigenvalue weighted by atomic mass is 16.1. The number of hydrogen-bond donors (Lipinski definition) is 0. The lowest BCUT2D eigenvalue weighted by Crippen LogP contribution is -2.37. The van der Waals surface area contributed by atoms with Gasteiger partial charge in [-0.3, -0.25) is 14.5 Å². The first-order valence-corrected chi connectivity index (χ1v) is 9.93. The molecule has 0 unspecified atom stereocenters. The SMILES string of the molecule is Cn1ncc(CN2CCC(Cn3nc4c(cc3=O)CCCC4)CC2)cc1=O. The van der Waals surface area contributed by atoms with Crippen LogP contribution in [0.1, 0.15) is 42.5 Å². The number of hydrogen-bond acceptors (Lipinski definition) is 5. The van der Waals surface area contributed by atoms with Crippen LogP contribution in [-0.2, 0) is 33.0 Å². The third-order valence-corrected chi connectivity index (χ3v) is 5.84. The van der Waals surface area contributed by atoms with Crippen LogP contribution in [0.15, 0.2) is 27.9 Å². The highest BCUT2D eigenvalue weighted by molar-refractivity contribution is 5.20. The van der Waals surface area contributed by atoms with Gasteiger partial charge in [-0.1, -0.05) is 0 Å². The van der Waals surface area contributed by atoms with Crippen LogP contribution >= 0.6 is 0 Å². The van der Waals surface area contributed by atoms with Crippen molar-refractivity contribution in [2.45, 2.75) is 51.6 Å². The number of nitrogens with zero attached hydrogens (tertiary/aromatic N) is 5. The standard InChI is InChI=1S/C20H27N5O2/c1-23-19(26)10-16(12-21-23)13-24-8-6-15(7-9-24)14-25-20(27)11-17-4-2-3-5-18(17)22-25/h10-12,15H,2-9,13-14H2,1H3. The van der Waals surface area contributed by atoms with Gasteiger partial charge in [0.25, 0.3) is 11.1 Å². The lowest BCUT2D eigenvalue weighted by molar-refractivity contribution is 0.163. The first kappa shape index (κ1) is 18.1. The summed E-state index contributed by atoms with van der Waals surface area (Å²) in [6.07, 6.45) is 8.19. The summed E-state index contributed by atoms with van der Waals surface area (Å²) in [5.74, 6) is 0.481. The topological polar surface area (TPSA) is 73.0 Å². The zero-order valence-corrected chi connectivity index (χ0v) is 15.9. The Morgan fingerprint density at radius 2 is 1.85 bits per heavy atom. The van der Waals surface area contributed by atoms with Crippen molar-refractivity contribution in [1.29, 1.82) is 0 Å². The molecule has 1 aliphatic carbocycles. The highest BCUT2D eigenvalue weighted by Gasteiger charge is 2.21. The highest BCUT2D eigenvalue weighted by Crippen LogP contribution is 2.21. The molecule has 4 rings (SSSR count). The molecule has 7 heteroatoms. The van der Waals surface area contributed by atoms with Gasteiger partial charge in [-0.15, -0.1) is 0 Å². The van der Waals surface area contributed by atoms with Crippen LogP contribution in [0.5, 0.6) is 0 Å². The fourth-order valence-electron chi connectivity index (χ4n) is 4.16. The third-order valence-electron chi connectivity index (χ3n) is 5.84. The third kappa shape index (κ3) is 4.18. The maximum atomic E-state index is 12.4. The average Bonchev–Trinajstić information content (AvgIpc) is 2.67. The van der Waals surface area contributed by atoms with E-state index in [1.54, 1.807) is 30.1 Å². The molecule has 0 amide bonds. The van der Waals surface area contributed by atoms with E-state index in [9.17, 15) is 9.59 Å². The van der Waals surface area contributed by atoms with E-state index in [-0.39, 0.29) is 11.1 Å². The second-order valence-electron chi connectivity index (χ2n) is 7.89. The van der Waals surface area contributed by atoms with E-state index in [2.05, 4.69) is 15.1 Å². The lowest BCUT2D eigenvalue weighted by atomic mass is 9.95. The van der Waals surface area contributed by atoms with Crippen LogP contribution in [0.4, 0.5) is 0 Å². The first-order chi connectivity index (χ1) is 13.1. The van der Waals surface area contributed by atoms with Crippen LogP contribution in [0.2, 0.25) is 0 Å². The molecule has 144 valence electrons. The second-order valence-corrected chi connectivity index (χ2v) is 7.89. The molecule has 1 aliphatic heterocycles. The second kappa shape index (κ2) is 7.76. The Bertz CT molecular complexity index is 925. The number of piperidine rings is 1. The van der Waals surface area contributed by atoms with Gasteiger partial charge in [0, 0.05) is 32.3 Å². The van der Waals surface area contributed by atoms with Crippen molar-refractivity contribution in [1.82, 2.24) is 24.5 Å². The van der Waals surface area contributed by atoms with E-state index in [0.717, 1.165) is 62.1 Å². The van der Waals surface area contributed by atoms with Crippen LogP contribution in [0.3, 0.4) is 0 Å². The van der Waals surface area contributed by atoms with E-state index in [1.165, 1.54) is 17.5 Å². The predicted octanol–water partition coefficient (Wildman–Crippen LogP) is 1.13. The normalized spacial score (nSPS) is 18.4. The van der Waals surface area contributed by atoms with Gasteiger partial charge in [0.1, 0.15) is 0 Å². The van der Waals surface area contributed by atoms with Crippen molar-refractivity contribution >= 4 is 0 Å². The Morgan fingerprint density at radius 1 is 1.07 bits per heavy atom. The van der Waals surface area contributed by atoms with E-state index >= 15 is 0 Å². The van der Waals surface area contributed by atoms with Crippen molar-refractivity contribution in [3.05, 3.63) is 55.9 Å². The number of fused-ring (bicyclic) bond motifs is 1. The minimum Gasteiger partial charge on any atom is -0.299 e. The summed E-state index contributed by atoms with van der Waals surface area (Å²) in [6, 6.07) is 3.47. The summed E-state index contributed by atoms with van der Waals surface area (Å²) in [7, 11) is 1.66. The molecule has 1 fully saturated rings. The molecule has 7 nitrogen and oxygen atoms in total. The molecule has 2 aromatic rings. The molecule has 0 saturated carbocycles. The maximum absolute atomic E-state index is 12.4. The van der Waals surface area contributed by atoms with Crippen LogP contribution in [0, 0.1) is 5.92 Å². The summed E-state index contributed by atoms with van der Waals surface area (Å²) in [5, 5.41) is 8.75. The number of likely N-dealkylation sites (tertiary alicyclic amines) is 1. The van der Waals surface area contributed by atoms with Gasteiger partial charge < -0.3 is 0 Å². The molecule has 0 atom stereocenters. The number of rotatable bonds is 4. The van der Waals surface area contributed by atoms with Gasteiger partial charge in [-0.05, 0) is 68.7 Å². The largest absolute Gasteiger partial charge is 0.299 e. The van der Waals surface area contributed by atoms with Crippen molar-refractivity contribution in [2.24, 2.45) is 13.0 Å². The van der Waals surface area contributed by atoms with Gasteiger partial charge in [0.05, 0.1) is 11.9 Å². The molecule has 0 aromatic carbocycles. The minimum absolute atomic E-state index is 0.0456. The Balaban J connectivity index is 1.35. The van der Waals surface area contributed by atoms with Gasteiger partial charge in [-0.25, -0.2) is 9.36 Å². The number of aryl methyl sites for hydroxylation is 3. The molecular formula is C20H27N5O2. The first-order valence-electron chi connectivity index (χ1n) is 9.93. The summed E-state index contributed by atoms with van der Waals surface area (Å²) in [5.41, 5.74) is 3.21. The van der Waals surface area contributed by atoms with Crippen molar-refractivity contribution < 1.29 is 0 Å². The Labute approximate surface area is 158 Å². The monoisotopic (exact) mass is 369 g/mol. The molecule has 1 saturated heterocycles. The Morgan fingerprint density at radius 3 is 2.63 bits per heavy atom. The van der Waals surface area contributed by atoms with Crippen molar-refractivity contribution in [2.75, 3.05) is 13.1 Å². The smallest absolute Gasteiger partial charge is 0.267 e. The quantitative estimate of drug-likeness (QED) is 0.808. The molecule has 0 radical (unpaired) electrons. The fourth-order valence-corrected chi connectivity index (χ4v) is 4.16. The average molecular weight is 369 g/mol. The summed E-state index contributed by atoms with van der Waals surface area (Å²) in [6.45, 7) is 3.42. The molecule has 0 N–H and O–H groups in total. The van der Waals surface area contributed by atoms with E-state index in [1.807, 2.05) is 0 Å². The van der Waals surface area contributed by atoms with E-state index < -0.39 is 0 Å². The Kier molecular flexibility index (Phi) is 5.20. The fraction of sp³-hybridized carbons (Fsp3) is 0.600. The predicted molar refractivity (Wildman–Crippen MR) is 103 cm³/mol. The van der Waals surface area contributed by atoms with Gasteiger partial charge in [0.2, 0.25) is 0 Å². The number of aromatic nitrogens is 4. The van der Waals surface area contributed by atoms with Gasteiger partial charge in [-0.2, -0.15) is 10.2 Å².